The molecule has 0 saturated carbocycles. The lowest BCUT2D eigenvalue weighted by molar-refractivity contribution is 0.0698. The molecule has 1 aliphatic rings. The van der Waals surface area contributed by atoms with E-state index in [9.17, 15) is 14.0 Å². The Kier molecular flexibility index (Phi) is 3.65. The molecule has 1 aromatic carbocycles. The number of hydrogen-bond donors (Lipinski definition) is 2. The molecule has 20 heavy (non-hydrogen) atoms. The molecule has 0 bridgehead atoms. The normalized spacial score (nSPS) is 17.1. The number of likely N-dealkylation sites (tertiary alicyclic amines) is 1. The average Bonchev–Trinajstić information content (AvgIpc) is 2.68. The van der Waals surface area contributed by atoms with Crippen molar-refractivity contribution in [3.63, 3.8) is 0 Å². The first-order chi connectivity index (χ1) is 9.31. The van der Waals surface area contributed by atoms with Crippen molar-refractivity contribution in [3.05, 3.63) is 29.6 Å². The Morgan fingerprint density at radius 2 is 2.10 bits per heavy atom. The first-order valence-electron chi connectivity index (χ1n) is 6.43. The van der Waals surface area contributed by atoms with Crippen molar-refractivity contribution in [2.24, 2.45) is 0 Å². The lowest BCUT2D eigenvalue weighted by Gasteiger charge is -2.31. The van der Waals surface area contributed by atoms with E-state index in [1.807, 2.05) is 13.8 Å². The Bertz CT molecular complexity index is 557. The SMILES string of the molecule is CC1(C)CCCN1C(=O)Nc1cc(F)ccc1C(=O)O. The smallest absolute Gasteiger partial charge is 0.337 e. The van der Waals surface area contributed by atoms with Crippen molar-refractivity contribution in [1.29, 1.82) is 0 Å². The topological polar surface area (TPSA) is 69.6 Å². The zero-order chi connectivity index (χ0) is 14.9. The molecule has 0 unspecified atom stereocenters. The third kappa shape index (κ3) is 2.74. The molecular formula is C14H17FN2O3. The molecule has 0 aromatic heterocycles. The highest BCUT2D eigenvalue weighted by atomic mass is 19.1. The van der Waals surface area contributed by atoms with Crippen LogP contribution in [-0.2, 0) is 0 Å². The van der Waals surface area contributed by atoms with Crippen LogP contribution in [-0.4, -0.2) is 34.1 Å². The highest BCUT2D eigenvalue weighted by Crippen LogP contribution is 2.29. The van der Waals surface area contributed by atoms with Gasteiger partial charge in [-0.05, 0) is 44.9 Å². The molecule has 2 rings (SSSR count). The van der Waals surface area contributed by atoms with Gasteiger partial charge >= 0.3 is 12.0 Å². The molecule has 0 radical (unpaired) electrons. The quantitative estimate of drug-likeness (QED) is 0.875. The predicted octanol–water partition coefficient (Wildman–Crippen LogP) is 2.93. The van der Waals surface area contributed by atoms with Crippen LogP contribution in [0.2, 0.25) is 0 Å². The summed E-state index contributed by atoms with van der Waals surface area (Å²) in [7, 11) is 0. The molecule has 0 spiro atoms. The van der Waals surface area contributed by atoms with Crippen LogP contribution in [0.25, 0.3) is 0 Å². The standard InChI is InChI=1S/C14H17FN2O3/c1-14(2)6-3-7-17(14)13(20)16-11-8-9(15)4-5-10(11)12(18)19/h4-5,8H,3,6-7H2,1-2H3,(H,16,20)(H,18,19). The Morgan fingerprint density at radius 1 is 1.40 bits per heavy atom. The summed E-state index contributed by atoms with van der Waals surface area (Å²) in [4.78, 5) is 24.9. The second-order valence-electron chi connectivity index (χ2n) is 5.49. The maximum absolute atomic E-state index is 13.2. The first kappa shape index (κ1) is 14.3. The minimum atomic E-state index is -1.21. The Morgan fingerprint density at radius 3 is 2.65 bits per heavy atom. The molecule has 1 saturated heterocycles. The van der Waals surface area contributed by atoms with E-state index in [1.54, 1.807) is 4.90 Å². The number of nitrogens with zero attached hydrogens (tertiary/aromatic N) is 1. The van der Waals surface area contributed by atoms with E-state index >= 15 is 0 Å². The van der Waals surface area contributed by atoms with Gasteiger partial charge in [-0.1, -0.05) is 0 Å². The third-order valence-corrected chi connectivity index (χ3v) is 3.60. The molecule has 0 atom stereocenters. The van der Waals surface area contributed by atoms with Gasteiger partial charge < -0.3 is 15.3 Å². The minimum Gasteiger partial charge on any atom is -0.478 e. The molecule has 1 aromatic rings. The van der Waals surface area contributed by atoms with Gasteiger partial charge in [0.15, 0.2) is 0 Å². The fourth-order valence-corrected chi connectivity index (χ4v) is 2.47. The third-order valence-electron chi connectivity index (χ3n) is 3.60. The van der Waals surface area contributed by atoms with E-state index in [-0.39, 0.29) is 16.8 Å². The van der Waals surface area contributed by atoms with Gasteiger partial charge in [-0.3, -0.25) is 0 Å². The second-order valence-corrected chi connectivity index (χ2v) is 5.49. The number of benzene rings is 1. The number of aromatic carboxylic acids is 1. The number of nitrogens with one attached hydrogen (secondary N) is 1. The van der Waals surface area contributed by atoms with E-state index in [2.05, 4.69) is 5.32 Å². The van der Waals surface area contributed by atoms with Crippen molar-refractivity contribution >= 4 is 17.7 Å². The van der Waals surface area contributed by atoms with Crippen LogP contribution in [0.1, 0.15) is 37.0 Å². The molecule has 108 valence electrons. The summed E-state index contributed by atoms with van der Waals surface area (Å²) in [5, 5.41) is 11.5. The van der Waals surface area contributed by atoms with Gasteiger partial charge in [-0.25, -0.2) is 14.0 Å². The molecular weight excluding hydrogens is 263 g/mol. The number of halogens is 1. The van der Waals surface area contributed by atoms with E-state index in [1.165, 1.54) is 0 Å². The molecule has 1 heterocycles. The van der Waals surface area contributed by atoms with Crippen LogP contribution in [0.15, 0.2) is 18.2 Å². The molecule has 5 nitrogen and oxygen atoms in total. The van der Waals surface area contributed by atoms with Gasteiger partial charge in [-0.15, -0.1) is 0 Å². The first-order valence-corrected chi connectivity index (χ1v) is 6.43. The summed E-state index contributed by atoms with van der Waals surface area (Å²) in [6.07, 6.45) is 1.78. The fourth-order valence-electron chi connectivity index (χ4n) is 2.47. The summed E-state index contributed by atoms with van der Waals surface area (Å²) in [5.41, 5.74) is -0.428. The number of carboxylic acid groups (broad SMARTS) is 1. The molecule has 1 aliphatic heterocycles. The number of carbonyl (C=O) groups excluding carboxylic acids is 1. The summed E-state index contributed by atoms with van der Waals surface area (Å²) < 4.78 is 13.2. The van der Waals surface area contributed by atoms with Crippen LogP contribution in [0.4, 0.5) is 14.9 Å². The van der Waals surface area contributed by atoms with Crippen LogP contribution < -0.4 is 5.32 Å². The van der Waals surface area contributed by atoms with Gasteiger partial charge in [0.2, 0.25) is 0 Å². The highest BCUT2D eigenvalue weighted by molar-refractivity contribution is 6.00. The monoisotopic (exact) mass is 280 g/mol. The number of urea groups is 1. The Balaban J connectivity index is 2.24. The zero-order valence-corrected chi connectivity index (χ0v) is 11.4. The molecule has 0 aliphatic carbocycles. The fraction of sp³-hybridized carbons (Fsp3) is 0.429. The average molecular weight is 280 g/mol. The van der Waals surface area contributed by atoms with E-state index < -0.39 is 17.8 Å². The van der Waals surface area contributed by atoms with Crippen LogP contribution in [0.5, 0.6) is 0 Å². The second kappa shape index (κ2) is 5.11. The number of carbonyl (C=O) groups is 2. The lowest BCUT2D eigenvalue weighted by Crippen LogP contribution is -2.45. The van der Waals surface area contributed by atoms with Gasteiger partial charge in [-0.2, -0.15) is 0 Å². The Labute approximate surface area is 116 Å². The summed E-state index contributed by atoms with van der Waals surface area (Å²) in [5.74, 6) is -1.80. The largest absolute Gasteiger partial charge is 0.478 e. The number of rotatable bonds is 2. The highest BCUT2D eigenvalue weighted by Gasteiger charge is 2.35. The molecule has 1 fully saturated rings. The van der Waals surface area contributed by atoms with Gasteiger partial charge in [0, 0.05) is 12.1 Å². The van der Waals surface area contributed by atoms with Crippen LogP contribution in [0.3, 0.4) is 0 Å². The molecule has 6 heteroatoms. The maximum Gasteiger partial charge on any atom is 0.337 e. The van der Waals surface area contributed by atoms with Crippen LogP contribution in [0, 0.1) is 5.82 Å². The number of carboxylic acids is 1. The van der Waals surface area contributed by atoms with Gasteiger partial charge in [0.25, 0.3) is 0 Å². The van der Waals surface area contributed by atoms with Crippen molar-refractivity contribution in [1.82, 2.24) is 4.90 Å². The van der Waals surface area contributed by atoms with E-state index in [0.717, 1.165) is 31.0 Å². The van der Waals surface area contributed by atoms with Gasteiger partial charge in [0.1, 0.15) is 5.82 Å². The van der Waals surface area contributed by atoms with E-state index in [0.29, 0.717) is 6.54 Å². The number of anilines is 1. The summed E-state index contributed by atoms with van der Waals surface area (Å²) >= 11 is 0. The van der Waals surface area contributed by atoms with Crippen molar-refractivity contribution in [2.45, 2.75) is 32.2 Å². The summed E-state index contributed by atoms with van der Waals surface area (Å²) in [6.45, 7) is 4.50. The predicted molar refractivity (Wildman–Crippen MR) is 72.4 cm³/mol. The maximum atomic E-state index is 13.2. The number of hydrogen-bond acceptors (Lipinski definition) is 2. The summed E-state index contributed by atoms with van der Waals surface area (Å²) in [6, 6.07) is 2.81. The molecule has 2 amide bonds. The minimum absolute atomic E-state index is 0.0230. The van der Waals surface area contributed by atoms with Crippen molar-refractivity contribution in [3.8, 4) is 0 Å². The lowest BCUT2D eigenvalue weighted by atomic mass is 10.0. The van der Waals surface area contributed by atoms with Gasteiger partial charge in [0.05, 0.1) is 11.3 Å². The number of amides is 2. The Hall–Kier alpha value is -2.11. The van der Waals surface area contributed by atoms with Crippen molar-refractivity contribution in [2.75, 3.05) is 11.9 Å². The van der Waals surface area contributed by atoms with Crippen LogP contribution >= 0.6 is 0 Å². The van der Waals surface area contributed by atoms with Crippen molar-refractivity contribution < 1.29 is 19.1 Å². The molecule has 2 N–H and O–H groups in total. The zero-order valence-electron chi connectivity index (χ0n) is 11.4. The van der Waals surface area contributed by atoms with E-state index in [4.69, 9.17) is 5.11 Å².